The van der Waals surface area contributed by atoms with Crippen molar-refractivity contribution in [3.63, 3.8) is 0 Å². The van der Waals surface area contributed by atoms with Crippen LogP contribution in [0.1, 0.15) is 26.2 Å². The summed E-state index contributed by atoms with van der Waals surface area (Å²) >= 11 is 0. The first-order chi connectivity index (χ1) is 9.65. The Morgan fingerprint density at radius 1 is 1.55 bits per heavy atom. The maximum absolute atomic E-state index is 13.0. The zero-order valence-corrected chi connectivity index (χ0v) is 11.7. The summed E-state index contributed by atoms with van der Waals surface area (Å²) in [6.07, 6.45) is 3.09. The van der Waals surface area contributed by atoms with Crippen molar-refractivity contribution in [2.75, 3.05) is 13.2 Å². The minimum atomic E-state index is -0.328. The Bertz CT molecular complexity index is 447. The SMILES string of the molecule is C[C@H](COc1cccc(F)c1)NC(=O)[C@H]1CCCCN1. The van der Waals surface area contributed by atoms with Crippen LogP contribution in [0.2, 0.25) is 0 Å². The lowest BCUT2D eigenvalue weighted by molar-refractivity contribution is -0.124. The van der Waals surface area contributed by atoms with Gasteiger partial charge in [-0.1, -0.05) is 12.5 Å². The Labute approximate surface area is 118 Å². The molecule has 1 aliphatic heterocycles. The summed E-state index contributed by atoms with van der Waals surface area (Å²) in [5.41, 5.74) is 0. The molecule has 0 spiro atoms. The highest BCUT2D eigenvalue weighted by Crippen LogP contribution is 2.12. The average molecular weight is 280 g/mol. The van der Waals surface area contributed by atoms with Gasteiger partial charge in [-0.15, -0.1) is 0 Å². The minimum absolute atomic E-state index is 0.0139. The zero-order valence-electron chi connectivity index (χ0n) is 11.7. The summed E-state index contributed by atoms with van der Waals surface area (Å²) in [6.45, 7) is 3.09. The number of halogens is 1. The number of carbonyl (C=O) groups excluding carboxylic acids is 1. The van der Waals surface area contributed by atoms with Crippen LogP contribution in [0.25, 0.3) is 0 Å². The molecule has 4 nitrogen and oxygen atoms in total. The van der Waals surface area contributed by atoms with Crippen LogP contribution in [0.4, 0.5) is 4.39 Å². The molecule has 1 heterocycles. The molecule has 5 heteroatoms. The van der Waals surface area contributed by atoms with Gasteiger partial charge in [0.05, 0.1) is 12.1 Å². The van der Waals surface area contributed by atoms with Crippen molar-refractivity contribution >= 4 is 5.91 Å². The Kier molecular flexibility index (Phi) is 5.35. The molecule has 1 amide bonds. The van der Waals surface area contributed by atoms with E-state index < -0.39 is 0 Å². The van der Waals surface area contributed by atoms with E-state index in [1.54, 1.807) is 12.1 Å². The highest BCUT2D eigenvalue weighted by molar-refractivity contribution is 5.82. The van der Waals surface area contributed by atoms with Crippen LogP contribution in [0.3, 0.4) is 0 Å². The third-order valence-corrected chi connectivity index (χ3v) is 3.31. The average Bonchev–Trinajstić information content (AvgIpc) is 2.46. The second-order valence-electron chi connectivity index (χ2n) is 5.18. The Balaban J connectivity index is 1.74. The van der Waals surface area contributed by atoms with Crippen LogP contribution in [-0.2, 0) is 4.79 Å². The zero-order chi connectivity index (χ0) is 14.4. The van der Waals surface area contributed by atoms with Crippen LogP contribution in [0.5, 0.6) is 5.75 Å². The third kappa shape index (κ3) is 4.49. The van der Waals surface area contributed by atoms with Crippen LogP contribution in [-0.4, -0.2) is 31.1 Å². The predicted octanol–water partition coefficient (Wildman–Crippen LogP) is 1.85. The second kappa shape index (κ2) is 7.24. The Morgan fingerprint density at radius 3 is 3.10 bits per heavy atom. The van der Waals surface area contributed by atoms with Gasteiger partial charge in [-0.2, -0.15) is 0 Å². The molecule has 2 atom stereocenters. The van der Waals surface area contributed by atoms with Gasteiger partial charge in [0.15, 0.2) is 0 Å². The first-order valence-corrected chi connectivity index (χ1v) is 7.07. The lowest BCUT2D eigenvalue weighted by Crippen LogP contribution is -2.50. The van der Waals surface area contributed by atoms with Crippen LogP contribution in [0, 0.1) is 5.82 Å². The lowest BCUT2D eigenvalue weighted by atomic mass is 10.0. The number of amides is 1. The number of nitrogens with one attached hydrogen (secondary N) is 2. The smallest absolute Gasteiger partial charge is 0.237 e. The molecule has 20 heavy (non-hydrogen) atoms. The van der Waals surface area contributed by atoms with Gasteiger partial charge in [0.2, 0.25) is 5.91 Å². The summed E-state index contributed by atoms with van der Waals surface area (Å²) in [5, 5.41) is 6.12. The topological polar surface area (TPSA) is 50.4 Å². The summed E-state index contributed by atoms with van der Waals surface area (Å²) in [5.74, 6) is 0.160. The molecule has 0 radical (unpaired) electrons. The first-order valence-electron chi connectivity index (χ1n) is 7.07. The molecule has 1 aliphatic rings. The summed E-state index contributed by atoms with van der Waals surface area (Å²) in [4.78, 5) is 12.0. The van der Waals surface area contributed by atoms with Gasteiger partial charge in [-0.25, -0.2) is 4.39 Å². The van der Waals surface area contributed by atoms with Crippen molar-refractivity contribution in [3.05, 3.63) is 30.1 Å². The molecule has 1 aromatic carbocycles. The van der Waals surface area contributed by atoms with Gasteiger partial charge in [0.25, 0.3) is 0 Å². The van der Waals surface area contributed by atoms with E-state index in [0.717, 1.165) is 25.8 Å². The summed E-state index contributed by atoms with van der Waals surface area (Å²) in [7, 11) is 0. The number of carbonyl (C=O) groups is 1. The highest BCUT2D eigenvalue weighted by Gasteiger charge is 2.21. The molecule has 2 N–H and O–H groups in total. The van der Waals surface area contributed by atoms with Crippen LogP contribution in [0.15, 0.2) is 24.3 Å². The molecule has 110 valence electrons. The normalized spacial score (nSPS) is 20.2. The maximum atomic E-state index is 13.0. The molecule has 0 bridgehead atoms. The minimum Gasteiger partial charge on any atom is -0.491 e. The van der Waals surface area contributed by atoms with Gasteiger partial charge in [-0.05, 0) is 38.4 Å². The Hall–Kier alpha value is -1.62. The van der Waals surface area contributed by atoms with E-state index in [4.69, 9.17) is 4.74 Å². The number of hydrogen-bond donors (Lipinski definition) is 2. The molecule has 0 aliphatic carbocycles. The van der Waals surface area contributed by atoms with E-state index >= 15 is 0 Å². The van der Waals surface area contributed by atoms with Gasteiger partial charge >= 0.3 is 0 Å². The predicted molar refractivity (Wildman–Crippen MR) is 75.1 cm³/mol. The third-order valence-electron chi connectivity index (χ3n) is 3.31. The molecule has 0 unspecified atom stereocenters. The van der Waals surface area contributed by atoms with Crippen molar-refractivity contribution in [3.8, 4) is 5.75 Å². The van der Waals surface area contributed by atoms with Crippen molar-refractivity contribution in [2.24, 2.45) is 0 Å². The summed E-state index contributed by atoms with van der Waals surface area (Å²) < 4.78 is 18.4. The molecule has 1 saturated heterocycles. The molecular formula is C15H21FN2O2. The number of ether oxygens (including phenoxy) is 1. The summed E-state index contributed by atoms with van der Waals surface area (Å²) in [6, 6.07) is 5.78. The largest absolute Gasteiger partial charge is 0.491 e. The Morgan fingerprint density at radius 2 is 2.40 bits per heavy atom. The molecular weight excluding hydrogens is 259 g/mol. The van der Waals surface area contributed by atoms with Crippen LogP contribution < -0.4 is 15.4 Å². The number of hydrogen-bond acceptors (Lipinski definition) is 3. The highest BCUT2D eigenvalue weighted by atomic mass is 19.1. The van der Waals surface area contributed by atoms with E-state index in [-0.39, 0.29) is 23.8 Å². The van der Waals surface area contributed by atoms with E-state index in [1.807, 2.05) is 6.92 Å². The standard InChI is InChI=1S/C15H21FN2O2/c1-11(10-20-13-6-4-5-12(16)9-13)18-15(19)14-7-2-3-8-17-14/h4-6,9,11,14,17H,2-3,7-8,10H2,1H3,(H,18,19)/t11-,14-/m1/s1. The molecule has 1 aromatic rings. The van der Waals surface area contributed by atoms with E-state index in [0.29, 0.717) is 12.4 Å². The van der Waals surface area contributed by atoms with Crippen molar-refractivity contribution in [2.45, 2.75) is 38.3 Å². The van der Waals surface area contributed by atoms with E-state index in [2.05, 4.69) is 10.6 Å². The molecule has 0 saturated carbocycles. The monoisotopic (exact) mass is 280 g/mol. The van der Waals surface area contributed by atoms with E-state index in [9.17, 15) is 9.18 Å². The fraction of sp³-hybridized carbons (Fsp3) is 0.533. The molecule has 2 rings (SSSR count). The van der Waals surface area contributed by atoms with Crippen molar-refractivity contribution < 1.29 is 13.9 Å². The molecule has 1 fully saturated rings. The van der Waals surface area contributed by atoms with Crippen LogP contribution >= 0.6 is 0 Å². The van der Waals surface area contributed by atoms with Crippen molar-refractivity contribution in [1.82, 2.24) is 10.6 Å². The van der Waals surface area contributed by atoms with Gasteiger partial charge in [0, 0.05) is 6.07 Å². The van der Waals surface area contributed by atoms with Crippen molar-refractivity contribution in [1.29, 1.82) is 0 Å². The van der Waals surface area contributed by atoms with Gasteiger partial charge < -0.3 is 15.4 Å². The van der Waals surface area contributed by atoms with Gasteiger partial charge in [-0.3, -0.25) is 4.79 Å². The van der Waals surface area contributed by atoms with Gasteiger partial charge in [0.1, 0.15) is 18.2 Å². The number of rotatable bonds is 5. The number of benzene rings is 1. The molecule has 0 aromatic heterocycles. The quantitative estimate of drug-likeness (QED) is 0.865. The first kappa shape index (κ1) is 14.8. The fourth-order valence-corrected chi connectivity index (χ4v) is 2.24. The van der Waals surface area contributed by atoms with E-state index in [1.165, 1.54) is 12.1 Å². The second-order valence-corrected chi connectivity index (χ2v) is 5.18. The lowest BCUT2D eigenvalue weighted by Gasteiger charge is -2.24. The maximum Gasteiger partial charge on any atom is 0.237 e. The number of piperidine rings is 1. The fourth-order valence-electron chi connectivity index (χ4n) is 2.24.